The van der Waals surface area contributed by atoms with Gasteiger partial charge in [-0.2, -0.15) is 9.61 Å². The van der Waals surface area contributed by atoms with E-state index < -0.39 is 0 Å². The fraction of sp³-hybridized carbons (Fsp3) is 0.208. The molecule has 3 heterocycles. The normalized spacial score (nSPS) is 14.6. The molecule has 32 heavy (non-hydrogen) atoms. The Morgan fingerprint density at radius 1 is 1.06 bits per heavy atom. The number of carbonyl (C=O) groups is 1. The molecule has 0 aliphatic carbocycles. The molecule has 5 rings (SSSR count). The molecular weight excluding hydrogens is 470 g/mol. The van der Waals surface area contributed by atoms with E-state index in [2.05, 4.69) is 31.3 Å². The van der Waals surface area contributed by atoms with Crippen LogP contribution in [0.4, 0.5) is 5.82 Å². The second kappa shape index (κ2) is 8.63. The number of para-hydroxylation sites is 1. The van der Waals surface area contributed by atoms with Gasteiger partial charge < -0.3 is 15.3 Å². The average molecular weight is 492 g/mol. The highest BCUT2D eigenvalue weighted by Gasteiger charge is 2.24. The van der Waals surface area contributed by atoms with Crippen LogP contribution in [0.3, 0.4) is 0 Å². The maximum absolute atomic E-state index is 12.7. The summed E-state index contributed by atoms with van der Waals surface area (Å²) in [4.78, 5) is 19.3. The molecule has 1 aliphatic rings. The zero-order valence-corrected chi connectivity index (χ0v) is 18.9. The second-order valence-corrected chi connectivity index (χ2v) is 8.70. The number of anilines is 1. The molecule has 162 valence electrons. The number of hydrogen-bond donors (Lipinski definition) is 2. The van der Waals surface area contributed by atoms with Gasteiger partial charge in [-0.3, -0.25) is 4.79 Å². The van der Waals surface area contributed by atoms with E-state index in [9.17, 15) is 9.90 Å². The van der Waals surface area contributed by atoms with Gasteiger partial charge in [-0.1, -0.05) is 30.3 Å². The van der Waals surface area contributed by atoms with Crippen LogP contribution in [0.5, 0.6) is 5.75 Å². The van der Waals surface area contributed by atoms with Crippen LogP contribution in [0, 0.1) is 0 Å². The number of likely N-dealkylation sites (tertiary alicyclic amines) is 1. The van der Waals surface area contributed by atoms with Crippen LogP contribution in [0.25, 0.3) is 16.9 Å². The summed E-state index contributed by atoms with van der Waals surface area (Å²) in [5.41, 5.74) is 2.72. The molecular formula is C24H22BrN5O2. The van der Waals surface area contributed by atoms with Crippen molar-refractivity contribution in [2.75, 3.05) is 18.4 Å². The Balaban J connectivity index is 1.37. The first-order chi connectivity index (χ1) is 15.6. The largest absolute Gasteiger partial charge is 0.507 e. The molecule has 7 nitrogen and oxygen atoms in total. The monoisotopic (exact) mass is 491 g/mol. The quantitative estimate of drug-likeness (QED) is 0.436. The first kappa shape index (κ1) is 20.5. The van der Waals surface area contributed by atoms with Crippen molar-refractivity contribution in [3.8, 4) is 17.0 Å². The standard InChI is InChI=1S/C24H22BrN5O2/c25-19-15-26-30-22(14-20(28-23(19)30)18-8-4-5-9-21(18)31)27-17-10-12-29(13-11-17)24(32)16-6-2-1-3-7-16/h1-9,14-15,17,27,31H,10-13H2. The lowest BCUT2D eigenvalue weighted by Crippen LogP contribution is -2.42. The molecule has 0 spiro atoms. The van der Waals surface area contributed by atoms with E-state index in [0.717, 1.165) is 28.7 Å². The number of amides is 1. The number of piperidine rings is 1. The minimum atomic E-state index is 0.0770. The van der Waals surface area contributed by atoms with Crippen LogP contribution in [0.2, 0.25) is 0 Å². The lowest BCUT2D eigenvalue weighted by Gasteiger charge is -2.33. The molecule has 1 amide bonds. The summed E-state index contributed by atoms with van der Waals surface area (Å²) < 4.78 is 2.54. The summed E-state index contributed by atoms with van der Waals surface area (Å²) in [6.45, 7) is 1.38. The van der Waals surface area contributed by atoms with Gasteiger partial charge in [0, 0.05) is 36.3 Å². The lowest BCUT2D eigenvalue weighted by molar-refractivity contribution is 0.0718. The summed E-state index contributed by atoms with van der Waals surface area (Å²) in [5.74, 6) is 1.05. The summed E-state index contributed by atoms with van der Waals surface area (Å²) in [7, 11) is 0. The minimum absolute atomic E-state index is 0.0770. The van der Waals surface area contributed by atoms with Gasteiger partial charge in [0.25, 0.3) is 5.91 Å². The molecule has 2 aromatic carbocycles. The zero-order valence-electron chi connectivity index (χ0n) is 17.3. The Labute approximate surface area is 193 Å². The van der Waals surface area contributed by atoms with Crippen molar-refractivity contribution in [3.05, 3.63) is 76.9 Å². The van der Waals surface area contributed by atoms with E-state index in [1.54, 1.807) is 22.8 Å². The third kappa shape index (κ3) is 3.93. The molecule has 1 saturated heterocycles. The van der Waals surface area contributed by atoms with Crippen LogP contribution in [0.1, 0.15) is 23.2 Å². The fourth-order valence-corrected chi connectivity index (χ4v) is 4.41. The fourth-order valence-electron chi connectivity index (χ4n) is 4.07. The van der Waals surface area contributed by atoms with Crippen molar-refractivity contribution in [2.24, 2.45) is 0 Å². The van der Waals surface area contributed by atoms with Crippen LogP contribution in [-0.2, 0) is 0 Å². The van der Waals surface area contributed by atoms with E-state index in [1.165, 1.54) is 0 Å². The summed E-state index contributed by atoms with van der Waals surface area (Å²) >= 11 is 3.52. The Bertz CT molecular complexity index is 1270. The van der Waals surface area contributed by atoms with Gasteiger partial charge in [0.05, 0.1) is 16.4 Å². The number of benzene rings is 2. The summed E-state index contributed by atoms with van der Waals surface area (Å²) in [6, 6.07) is 18.7. The Morgan fingerprint density at radius 2 is 1.78 bits per heavy atom. The zero-order chi connectivity index (χ0) is 22.1. The van der Waals surface area contributed by atoms with Crippen molar-refractivity contribution in [1.82, 2.24) is 19.5 Å². The molecule has 0 saturated carbocycles. The third-order valence-electron chi connectivity index (χ3n) is 5.76. The van der Waals surface area contributed by atoms with E-state index >= 15 is 0 Å². The maximum atomic E-state index is 12.7. The number of halogens is 1. The molecule has 1 aliphatic heterocycles. The average Bonchev–Trinajstić information content (AvgIpc) is 3.21. The van der Waals surface area contributed by atoms with Gasteiger partial charge in [0.15, 0.2) is 5.65 Å². The highest BCUT2D eigenvalue weighted by atomic mass is 79.9. The maximum Gasteiger partial charge on any atom is 0.253 e. The number of nitrogens with zero attached hydrogens (tertiary/aromatic N) is 4. The van der Waals surface area contributed by atoms with Crippen molar-refractivity contribution in [1.29, 1.82) is 0 Å². The van der Waals surface area contributed by atoms with E-state index in [4.69, 9.17) is 0 Å². The molecule has 2 N–H and O–H groups in total. The predicted octanol–water partition coefficient (Wildman–Crippen LogP) is 4.58. The van der Waals surface area contributed by atoms with Crippen molar-refractivity contribution in [2.45, 2.75) is 18.9 Å². The topological polar surface area (TPSA) is 82.8 Å². The molecule has 0 radical (unpaired) electrons. The number of rotatable bonds is 4. The highest BCUT2D eigenvalue weighted by Crippen LogP contribution is 2.31. The van der Waals surface area contributed by atoms with Gasteiger partial charge in [0.1, 0.15) is 11.6 Å². The first-order valence-electron chi connectivity index (χ1n) is 10.5. The number of aromatic nitrogens is 3. The molecule has 4 aromatic rings. The van der Waals surface area contributed by atoms with Gasteiger partial charge in [-0.05, 0) is 53.0 Å². The van der Waals surface area contributed by atoms with Gasteiger partial charge in [-0.15, -0.1) is 0 Å². The van der Waals surface area contributed by atoms with E-state index in [-0.39, 0.29) is 17.7 Å². The Kier molecular flexibility index (Phi) is 5.53. The van der Waals surface area contributed by atoms with Crippen molar-refractivity contribution >= 4 is 33.3 Å². The lowest BCUT2D eigenvalue weighted by atomic mass is 10.0. The number of hydrogen-bond acceptors (Lipinski definition) is 5. The van der Waals surface area contributed by atoms with E-state index in [1.807, 2.05) is 53.4 Å². The van der Waals surface area contributed by atoms with Crippen molar-refractivity contribution in [3.63, 3.8) is 0 Å². The van der Waals surface area contributed by atoms with Crippen LogP contribution < -0.4 is 5.32 Å². The molecule has 0 bridgehead atoms. The molecule has 2 aromatic heterocycles. The first-order valence-corrected chi connectivity index (χ1v) is 11.3. The van der Waals surface area contributed by atoms with Gasteiger partial charge >= 0.3 is 0 Å². The Hall–Kier alpha value is -3.39. The molecule has 0 atom stereocenters. The summed E-state index contributed by atoms with van der Waals surface area (Å²) in [6.07, 6.45) is 3.37. The van der Waals surface area contributed by atoms with Gasteiger partial charge in [0.2, 0.25) is 0 Å². The van der Waals surface area contributed by atoms with Crippen molar-refractivity contribution < 1.29 is 9.90 Å². The SMILES string of the molecule is O=C(c1ccccc1)N1CCC(Nc2cc(-c3ccccc3O)nc3c(Br)cnn23)CC1. The number of carbonyl (C=O) groups excluding carboxylic acids is 1. The van der Waals surface area contributed by atoms with Crippen LogP contribution >= 0.6 is 15.9 Å². The number of phenols is 1. The molecule has 0 unspecified atom stereocenters. The highest BCUT2D eigenvalue weighted by molar-refractivity contribution is 9.10. The summed E-state index contributed by atoms with van der Waals surface area (Å²) in [5, 5.41) is 18.3. The smallest absolute Gasteiger partial charge is 0.253 e. The molecule has 1 fully saturated rings. The van der Waals surface area contributed by atoms with Gasteiger partial charge in [-0.25, -0.2) is 4.98 Å². The molecule has 8 heteroatoms. The third-order valence-corrected chi connectivity index (χ3v) is 6.32. The second-order valence-electron chi connectivity index (χ2n) is 7.85. The number of nitrogens with one attached hydrogen (secondary N) is 1. The number of phenolic OH excluding ortho intramolecular Hbond substituents is 1. The minimum Gasteiger partial charge on any atom is -0.507 e. The number of aromatic hydroxyl groups is 1. The predicted molar refractivity (Wildman–Crippen MR) is 127 cm³/mol. The number of fused-ring (bicyclic) bond motifs is 1. The van der Waals surface area contributed by atoms with E-state index in [0.29, 0.717) is 30.0 Å². The van der Waals surface area contributed by atoms with Crippen LogP contribution in [-0.4, -0.2) is 49.6 Å². The van der Waals surface area contributed by atoms with Crippen LogP contribution in [0.15, 0.2) is 71.3 Å². The Morgan fingerprint density at radius 3 is 2.53 bits per heavy atom.